The smallest absolute Gasteiger partial charge is 0.317 e. The molecule has 0 unspecified atom stereocenters. The normalized spacial score (nSPS) is 28.9. The molecule has 28 heavy (non-hydrogen) atoms. The molecular weight excluding hydrogens is 357 g/mol. The molecule has 1 aromatic rings. The van der Waals surface area contributed by atoms with E-state index in [0.29, 0.717) is 24.3 Å². The van der Waals surface area contributed by atoms with Gasteiger partial charge in [0.2, 0.25) is 0 Å². The van der Waals surface area contributed by atoms with Crippen molar-refractivity contribution in [3.05, 3.63) is 35.6 Å². The van der Waals surface area contributed by atoms with Crippen molar-refractivity contribution < 1.29 is 18.7 Å². The van der Waals surface area contributed by atoms with Crippen LogP contribution in [0.4, 0.5) is 4.39 Å². The average Bonchev–Trinajstić information content (AvgIpc) is 3.43. The van der Waals surface area contributed by atoms with Gasteiger partial charge in [-0.1, -0.05) is 37.5 Å². The van der Waals surface area contributed by atoms with Crippen LogP contribution < -0.4 is 5.32 Å². The molecule has 4 atom stereocenters. The summed E-state index contributed by atoms with van der Waals surface area (Å²) in [5.74, 6) is 0.984. The van der Waals surface area contributed by atoms with Crippen LogP contribution in [0.1, 0.15) is 63.9 Å². The van der Waals surface area contributed by atoms with Crippen molar-refractivity contribution in [2.24, 2.45) is 17.8 Å². The zero-order chi connectivity index (χ0) is 19.7. The minimum Gasteiger partial charge on any atom is -0.455 e. The predicted octanol–water partition coefficient (Wildman–Crippen LogP) is 4.12. The zero-order valence-corrected chi connectivity index (χ0v) is 16.6. The largest absolute Gasteiger partial charge is 0.455 e. The molecule has 3 aliphatic rings. The van der Waals surface area contributed by atoms with Crippen LogP contribution in [0.2, 0.25) is 0 Å². The van der Waals surface area contributed by atoms with Crippen molar-refractivity contribution in [3.63, 3.8) is 0 Å². The molecule has 2 bridgehead atoms. The summed E-state index contributed by atoms with van der Waals surface area (Å²) >= 11 is 0. The second kappa shape index (κ2) is 7.84. The number of esters is 1. The summed E-state index contributed by atoms with van der Waals surface area (Å²) in [4.78, 5) is 25.3. The minimum absolute atomic E-state index is 0.105. The Kier molecular flexibility index (Phi) is 5.44. The Hall–Kier alpha value is -1.91. The van der Waals surface area contributed by atoms with E-state index in [2.05, 4.69) is 12.2 Å². The first-order valence-corrected chi connectivity index (χ1v) is 10.7. The van der Waals surface area contributed by atoms with Crippen molar-refractivity contribution in [2.75, 3.05) is 6.61 Å². The lowest BCUT2D eigenvalue weighted by Gasteiger charge is -2.29. The summed E-state index contributed by atoms with van der Waals surface area (Å²) in [5.41, 5.74) is -0.560. The van der Waals surface area contributed by atoms with Crippen molar-refractivity contribution in [2.45, 2.75) is 69.7 Å². The highest BCUT2D eigenvalue weighted by Gasteiger charge is 2.46. The van der Waals surface area contributed by atoms with E-state index in [1.807, 2.05) is 0 Å². The summed E-state index contributed by atoms with van der Waals surface area (Å²) in [6.45, 7) is 1.77. The number of halogens is 1. The first-order chi connectivity index (χ1) is 13.5. The topological polar surface area (TPSA) is 55.4 Å². The van der Waals surface area contributed by atoms with E-state index in [1.165, 1.54) is 31.7 Å². The summed E-state index contributed by atoms with van der Waals surface area (Å²) in [5, 5.41) is 3.03. The lowest BCUT2D eigenvalue weighted by molar-refractivity contribution is -0.154. The van der Waals surface area contributed by atoms with E-state index < -0.39 is 11.4 Å². The summed E-state index contributed by atoms with van der Waals surface area (Å²) in [6, 6.07) is 6.52. The van der Waals surface area contributed by atoms with Gasteiger partial charge in [0.1, 0.15) is 5.82 Å². The van der Waals surface area contributed by atoms with Crippen molar-refractivity contribution in [1.82, 2.24) is 5.32 Å². The summed E-state index contributed by atoms with van der Waals surface area (Å²) in [6.07, 6.45) is 7.94. The molecule has 3 fully saturated rings. The predicted molar refractivity (Wildman–Crippen MR) is 104 cm³/mol. The van der Waals surface area contributed by atoms with Crippen molar-refractivity contribution in [3.8, 4) is 0 Å². The van der Waals surface area contributed by atoms with Gasteiger partial charge >= 0.3 is 5.97 Å². The molecule has 4 nitrogen and oxygen atoms in total. The van der Waals surface area contributed by atoms with Crippen LogP contribution in [0, 0.1) is 23.6 Å². The molecular formula is C23H30FNO3. The Morgan fingerprint density at radius 3 is 2.61 bits per heavy atom. The standard InChI is InChI=1S/C23H30FNO3/c1-15(18-13-16-8-9-17(18)12-16)25-21(26)14-28-22(27)23(10-4-5-11-23)19-6-2-3-7-20(19)24/h2-3,6-7,15-18H,4-5,8-14H2,1H3,(H,25,26)/t15-,16-,17-,18+/m0/s1. The number of amides is 1. The Balaban J connectivity index is 1.35. The maximum atomic E-state index is 14.4. The van der Waals surface area contributed by atoms with E-state index in [1.54, 1.807) is 18.2 Å². The molecule has 1 N–H and O–H groups in total. The van der Waals surface area contributed by atoms with Crippen LogP contribution >= 0.6 is 0 Å². The molecule has 3 saturated carbocycles. The fourth-order valence-corrected chi connectivity index (χ4v) is 5.99. The number of benzene rings is 1. The first kappa shape index (κ1) is 19.4. The fourth-order valence-electron chi connectivity index (χ4n) is 5.99. The number of ether oxygens (including phenoxy) is 1. The Bertz CT molecular complexity index is 743. The highest BCUT2D eigenvalue weighted by atomic mass is 19.1. The Morgan fingerprint density at radius 2 is 1.96 bits per heavy atom. The van der Waals surface area contributed by atoms with Gasteiger partial charge in [0, 0.05) is 11.6 Å². The van der Waals surface area contributed by atoms with E-state index in [9.17, 15) is 14.0 Å². The highest BCUT2D eigenvalue weighted by molar-refractivity contribution is 5.86. The van der Waals surface area contributed by atoms with Gasteiger partial charge in [0.15, 0.2) is 6.61 Å². The molecule has 0 radical (unpaired) electrons. The van der Waals surface area contributed by atoms with Gasteiger partial charge in [-0.3, -0.25) is 9.59 Å². The third kappa shape index (κ3) is 3.56. The van der Waals surface area contributed by atoms with Crippen LogP contribution in [-0.4, -0.2) is 24.5 Å². The van der Waals surface area contributed by atoms with Crippen LogP contribution in [0.5, 0.6) is 0 Å². The van der Waals surface area contributed by atoms with Gasteiger partial charge in [-0.25, -0.2) is 4.39 Å². The lowest BCUT2D eigenvalue weighted by Crippen LogP contribution is -2.43. The van der Waals surface area contributed by atoms with Gasteiger partial charge < -0.3 is 10.1 Å². The molecule has 3 aliphatic carbocycles. The molecule has 0 saturated heterocycles. The van der Waals surface area contributed by atoms with Crippen molar-refractivity contribution in [1.29, 1.82) is 0 Å². The quantitative estimate of drug-likeness (QED) is 0.747. The fraction of sp³-hybridized carbons (Fsp3) is 0.652. The van der Waals surface area contributed by atoms with Crippen LogP contribution in [-0.2, 0) is 19.7 Å². The van der Waals surface area contributed by atoms with Crippen LogP contribution in [0.3, 0.4) is 0 Å². The lowest BCUT2D eigenvalue weighted by atomic mass is 9.78. The molecule has 4 rings (SSSR count). The number of rotatable bonds is 6. The molecule has 1 aromatic carbocycles. The molecule has 0 heterocycles. The number of nitrogens with one attached hydrogen (secondary N) is 1. The van der Waals surface area contributed by atoms with E-state index in [-0.39, 0.29) is 24.4 Å². The molecule has 5 heteroatoms. The summed E-state index contributed by atoms with van der Waals surface area (Å²) in [7, 11) is 0. The third-order valence-electron chi connectivity index (χ3n) is 7.40. The van der Waals surface area contributed by atoms with Gasteiger partial charge in [-0.15, -0.1) is 0 Å². The van der Waals surface area contributed by atoms with Crippen molar-refractivity contribution >= 4 is 11.9 Å². The second-order valence-corrected chi connectivity index (χ2v) is 9.04. The van der Waals surface area contributed by atoms with Crippen LogP contribution in [0.15, 0.2) is 24.3 Å². The molecule has 0 aromatic heterocycles. The monoisotopic (exact) mass is 387 g/mol. The third-order valence-corrected chi connectivity index (χ3v) is 7.40. The minimum atomic E-state index is -0.957. The maximum Gasteiger partial charge on any atom is 0.317 e. The Morgan fingerprint density at radius 1 is 1.21 bits per heavy atom. The second-order valence-electron chi connectivity index (χ2n) is 9.04. The number of hydrogen-bond acceptors (Lipinski definition) is 3. The summed E-state index contributed by atoms with van der Waals surface area (Å²) < 4.78 is 19.8. The molecule has 152 valence electrons. The Labute approximate surface area is 166 Å². The van der Waals surface area contributed by atoms with Gasteiger partial charge in [-0.2, -0.15) is 0 Å². The van der Waals surface area contributed by atoms with E-state index in [4.69, 9.17) is 4.74 Å². The average molecular weight is 387 g/mol. The van der Waals surface area contributed by atoms with Gasteiger partial charge in [0.25, 0.3) is 5.91 Å². The van der Waals surface area contributed by atoms with E-state index in [0.717, 1.165) is 24.7 Å². The zero-order valence-electron chi connectivity index (χ0n) is 16.6. The molecule has 1 amide bonds. The number of fused-ring (bicyclic) bond motifs is 2. The molecule has 0 aliphatic heterocycles. The SMILES string of the molecule is C[C@H](NC(=O)COC(=O)C1(c2ccccc2F)CCCC1)[C@H]1C[C@H]2CC[C@H]1C2. The van der Waals surface area contributed by atoms with E-state index >= 15 is 0 Å². The number of carbonyl (C=O) groups excluding carboxylic acids is 2. The number of hydrogen-bond donors (Lipinski definition) is 1. The van der Waals surface area contributed by atoms with Crippen LogP contribution in [0.25, 0.3) is 0 Å². The number of carbonyl (C=O) groups is 2. The maximum absolute atomic E-state index is 14.4. The highest BCUT2D eigenvalue weighted by Crippen LogP contribution is 2.49. The first-order valence-electron chi connectivity index (χ1n) is 10.7. The molecule has 0 spiro atoms. The van der Waals surface area contributed by atoms with Gasteiger partial charge in [0.05, 0.1) is 5.41 Å². The van der Waals surface area contributed by atoms with Gasteiger partial charge in [-0.05, 0) is 62.8 Å².